The molecule has 0 aliphatic heterocycles. The largest absolute Gasteiger partial charge is 0.385 e. The summed E-state index contributed by atoms with van der Waals surface area (Å²) in [4.78, 5) is 11.0. The van der Waals surface area contributed by atoms with Crippen molar-refractivity contribution in [3.63, 3.8) is 0 Å². The minimum absolute atomic E-state index is 0.0250. The third kappa shape index (κ3) is 4.70. The van der Waals surface area contributed by atoms with Crippen LogP contribution in [0.4, 0.5) is 0 Å². The molecule has 1 atom stereocenters. The molecule has 0 aliphatic carbocycles. The Morgan fingerprint density at radius 1 is 1.82 bits per heavy atom. The molecule has 0 saturated heterocycles. The van der Waals surface area contributed by atoms with Crippen LogP contribution in [0.1, 0.15) is 12.8 Å². The van der Waals surface area contributed by atoms with Crippen LogP contribution in [0.3, 0.4) is 0 Å². The molecule has 0 bridgehead atoms. The highest BCUT2D eigenvalue weighted by Gasteiger charge is 2.10. The molecule has 0 radical (unpaired) electrons. The second-order valence-corrected chi connectivity index (χ2v) is 2.35. The minimum Gasteiger partial charge on any atom is -0.385 e. The van der Waals surface area contributed by atoms with Crippen molar-refractivity contribution >= 4 is 5.78 Å². The van der Waals surface area contributed by atoms with Gasteiger partial charge in [0.1, 0.15) is 0 Å². The summed E-state index contributed by atoms with van der Waals surface area (Å²) in [6.45, 7) is 3.99. The third-order valence-electron chi connectivity index (χ3n) is 1.39. The molecule has 2 N–H and O–H groups in total. The van der Waals surface area contributed by atoms with Crippen LogP contribution in [-0.2, 0) is 9.53 Å². The van der Waals surface area contributed by atoms with Crippen LogP contribution < -0.4 is 5.73 Å². The SMILES string of the molecule is C=CCC(=O)C(N)CCOC. The number of rotatable bonds is 6. The van der Waals surface area contributed by atoms with E-state index in [4.69, 9.17) is 10.5 Å². The number of methoxy groups -OCH3 is 1. The fourth-order valence-corrected chi connectivity index (χ4v) is 0.699. The number of hydrogen-bond donors (Lipinski definition) is 1. The van der Waals surface area contributed by atoms with Crippen molar-refractivity contribution < 1.29 is 9.53 Å². The van der Waals surface area contributed by atoms with Gasteiger partial charge in [-0.1, -0.05) is 6.08 Å². The van der Waals surface area contributed by atoms with Gasteiger partial charge in [-0.3, -0.25) is 4.79 Å². The quantitative estimate of drug-likeness (QED) is 0.571. The van der Waals surface area contributed by atoms with Gasteiger partial charge in [-0.05, 0) is 6.42 Å². The molecule has 0 heterocycles. The molecule has 64 valence electrons. The van der Waals surface area contributed by atoms with E-state index in [0.717, 1.165) is 0 Å². The van der Waals surface area contributed by atoms with Crippen molar-refractivity contribution in [1.82, 2.24) is 0 Å². The van der Waals surface area contributed by atoms with E-state index in [-0.39, 0.29) is 5.78 Å². The molecule has 3 nitrogen and oxygen atoms in total. The fraction of sp³-hybridized carbons (Fsp3) is 0.625. The van der Waals surface area contributed by atoms with Gasteiger partial charge in [-0.2, -0.15) is 0 Å². The van der Waals surface area contributed by atoms with Gasteiger partial charge in [0.15, 0.2) is 5.78 Å². The lowest BCUT2D eigenvalue weighted by Gasteiger charge is -2.07. The lowest BCUT2D eigenvalue weighted by Crippen LogP contribution is -2.31. The highest BCUT2D eigenvalue weighted by molar-refractivity contribution is 5.84. The first-order valence-electron chi connectivity index (χ1n) is 3.60. The Kier molecular flexibility index (Phi) is 5.70. The predicted molar refractivity (Wildman–Crippen MR) is 44.3 cm³/mol. The summed E-state index contributed by atoms with van der Waals surface area (Å²) in [6.07, 6.45) is 2.50. The van der Waals surface area contributed by atoms with E-state index in [1.54, 1.807) is 13.2 Å². The van der Waals surface area contributed by atoms with E-state index in [2.05, 4.69) is 6.58 Å². The van der Waals surface area contributed by atoms with E-state index in [1.807, 2.05) is 0 Å². The first-order chi connectivity index (χ1) is 5.22. The Morgan fingerprint density at radius 3 is 2.91 bits per heavy atom. The molecule has 0 aromatic rings. The summed E-state index contributed by atoms with van der Waals surface area (Å²) in [5.74, 6) is 0.0250. The Bertz CT molecular complexity index is 134. The number of allylic oxidation sites excluding steroid dienone is 1. The molecule has 0 amide bonds. The summed E-state index contributed by atoms with van der Waals surface area (Å²) in [5.41, 5.74) is 5.51. The number of nitrogens with two attached hydrogens (primary N) is 1. The Labute approximate surface area is 67.2 Å². The van der Waals surface area contributed by atoms with Gasteiger partial charge in [0.25, 0.3) is 0 Å². The van der Waals surface area contributed by atoms with Crippen molar-refractivity contribution in [2.45, 2.75) is 18.9 Å². The lowest BCUT2D eigenvalue weighted by atomic mass is 10.1. The van der Waals surface area contributed by atoms with Crippen LogP contribution in [0.25, 0.3) is 0 Å². The summed E-state index contributed by atoms with van der Waals surface area (Å²) in [5, 5.41) is 0. The Morgan fingerprint density at radius 2 is 2.45 bits per heavy atom. The van der Waals surface area contributed by atoms with Gasteiger partial charge < -0.3 is 10.5 Å². The van der Waals surface area contributed by atoms with E-state index < -0.39 is 6.04 Å². The molecule has 0 aromatic carbocycles. The first kappa shape index (κ1) is 10.3. The van der Waals surface area contributed by atoms with E-state index >= 15 is 0 Å². The van der Waals surface area contributed by atoms with Crippen LogP contribution in [0.5, 0.6) is 0 Å². The molecule has 0 rings (SSSR count). The van der Waals surface area contributed by atoms with E-state index in [0.29, 0.717) is 19.4 Å². The number of carbonyl (C=O) groups excluding carboxylic acids is 1. The van der Waals surface area contributed by atoms with Gasteiger partial charge in [0, 0.05) is 20.1 Å². The lowest BCUT2D eigenvalue weighted by molar-refractivity contribution is -0.119. The molecule has 11 heavy (non-hydrogen) atoms. The average Bonchev–Trinajstić information content (AvgIpc) is 2.00. The van der Waals surface area contributed by atoms with Crippen LogP contribution >= 0.6 is 0 Å². The molecular formula is C8H15NO2. The molecule has 0 spiro atoms. The monoisotopic (exact) mass is 157 g/mol. The number of hydrogen-bond acceptors (Lipinski definition) is 3. The first-order valence-corrected chi connectivity index (χ1v) is 3.60. The summed E-state index contributed by atoms with van der Waals surface area (Å²) >= 11 is 0. The second-order valence-electron chi connectivity index (χ2n) is 2.35. The molecule has 0 aromatic heterocycles. The van der Waals surface area contributed by atoms with Crippen LogP contribution in [0.2, 0.25) is 0 Å². The van der Waals surface area contributed by atoms with Gasteiger partial charge in [-0.25, -0.2) is 0 Å². The normalized spacial score (nSPS) is 12.5. The summed E-state index contributed by atoms with van der Waals surface area (Å²) in [7, 11) is 1.59. The van der Waals surface area contributed by atoms with E-state index in [9.17, 15) is 4.79 Å². The molecule has 0 fully saturated rings. The number of carbonyl (C=O) groups is 1. The number of ketones is 1. The van der Waals surface area contributed by atoms with Crippen molar-refractivity contribution in [2.24, 2.45) is 5.73 Å². The zero-order valence-corrected chi connectivity index (χ0v) is 6.88. The molecule has 1 unspecified atom stereocenters. The van der Waals surface area contributed by atoms with Crippen molar-refractivity contribution in [1.29, 1.82) is 0 Å². The van der Waals surface area contributed by atoms with Crippen molar-refractivity contribution in [3.8, 4) is 0 Å². The van der Waals surface area contributed by atoms with Gasteiger partial charge in [0.05, 0.1) is 6.04 Å². The smallest absolute Gasteiger partial charge is 0.153 e. The highest BCUT2D eigenvalue weighted by atomic mass is 16.5. The highest BCUT2D eigenvalue weighted by Crippen LogP contribution is 1.94. The van der Waals surface area contributed by atoms with E-state index in [1.165, 1.54) is 0 Å². The van der Waals surface area contributed by atoms with Gasteiger partial charge >= 0.3 is 0 Å². The zero-order chi connectivity index (χ0) is 8.69. The molecule has 0 aliphatic rings. The Hall–Kier alpha value is -0.670. The summed E-state index contributed by atoms with van der Waals surface area (Å²) < 4.78 is 4.78. The fourth-order valence-electron chi connectivity index (χ4n) is 0.699. The molecular weight excluding hydrogens is 142 g/mol. The minimum atomic E-state index is -0.395. The van der Waals surface area contributed by atoms with Crippen LogP contribution in [0, 0.1) is 0 Å². The van der Waals surface area contributed by atoms with Gasteiger partial charge in [-0.15, -0.1) is 6.58 Å². The average molecular weight is 157 g/mol. The number of ether oxygens (including phenoxy) is 1. The zero-order valence-electron chi connectivity index (χ0n) is 6.88. The third-order valence-corrected chi connectivity index (χ3v) is 1.39. The molecule has 3 heteroatoms. The number of Topliss-reactive ketones (excluding diaryl/α,β-unsaturated/α-hetero) is 1. The van der Waals surface area contributed by atoms with Crippen LogP contribution in [0.15, 0.2) is 12.7 Å². The maximum absolute atomic E-state index is 11.0. The topological polar surface area (TPSA) is 52.3 Å². The van der Waals surface area contributed by atoms with Crippen molar-refractivity contribution in [3.05, 3.63) is 12.7 Å². The van der Waals surface area contributed by atoms with Crippen molar-refractivity contribution in [2.75, 3.05) is 13.7 Å². The maximum Gasteiger partial charge on any atom is 0.153 e. The van der Waals surface area contributed by atoms with Crippen LogP contribution in [-0.4, -0.2) is 25.5 Å². The maximum atomic E-state index is 11.0. The predicted octanol–water partition coefficient (Wildman–Crippen LogP) is 0.495. The molecule has 0 saturated carbocycles. The summed E-state index contributed by atoms with van der Waals surface area (Å²) in [6, 6.07) is -0.395. The Balaban J connectivity index is 3.54. The van der Waals surface area contributed by atoms with Gasteiger partial charge in [0.2, 0.25) is 0 Å². The standard InChI is InChI=1S/C8H15NO2/c1-3-4-8(10)7(9)5-6-11-2/h3,7H,1,4-6,9H2,2H3. The second kappa shape index (κ2) is 6.07.